The summed E-state index contributed by atoms with van der Waals surface area (Å²) in [7, 11) is 0. The molecule has 0 aliphatic carbocycles. The Balaban J connectivity index is 2.77. The van der Waals surface area contributed by atoms with Gasteiger partial charge in [-0.1, -0.05) is 15.9 Å². The molecule has 0 aliphatic rings. The van der Waals surface area contributed by atoms with Crippen LogP contribution in [-0.4, -0.2) is 4.98 Å². The lowest BCUT2D eigenvalue weighted by Gasteiger charge is -2.04. The van der Waals surface area contributed by atoms with Crippen molar-refractivity contribution in [3.63, 3.8) is 0 Å². The lowest BCUT2D eigenvalue weighted by Crippen LogP contribution is -2.07. The third-order valence-electron chi connectivity index (χ3n) is 1.86. The number of nitrogens with two attached hydrogens (primary N) is 1. The van der Waals surface area contributed by atoms with E-state index in [4.69, 9.17) is 5.84 Å². The molecule has 1 aromatic heterocycles. The second-order valence-electron chi connectivity index (χ2n) is 2.66. The second-order valence-corrected chi connectivity index (χ2v) is 3.58. The number of pyridine rings is 1. The third-order valence-corrected chi connectivity index (χ3v) is 2.35. The van der Waals surface area contributed by atoms with E-state index in [0.29, 0.717) is 0 Å². The number of hydrogen-bond donors (Lipinski definition) is 2. The lowest BCUT2D eigenvalue weighted by molar-refractivity contribution is 1.33. The molecule has 13 heavy (non-hydrogen) atoms. The van der Waals surface area contributed by atoms with Crippen LogP contribution in [0.1, 0.15) is 0 Å². The van der Waals surface area contributed by atoms with Gasteiger partial charge in [0, 0.05) is 16.1 Å². The first-order chi connectivity index (χ1) is 6.31. The molecular weight excluding hydrogens is 230 g/mol. The topological polar surface area (TPSA) is 50.9 Å². The Morgan fingerprint density at radius 1 is 1.31 bits per heavy atom. The van der Waals surface area contributed by atoms with Crippen molar-refractivity contribution in [2.75, 3.05) is 5.43 Å². The van der Waals surface area contributed by atoms with Crippen LogP contribution in [0.2, 0.25) is 0 Å². The molecule has 2 rings (SSSR count). The molecule has 0 bridgehead atoms. The quantitative estimate of drug-likeness (QED) is 0.591. The molecule has 0 unspecified atom stereocenters. The number of hydrogen-bond acceptors (Lipinski definition) is 3. The highest BCUT2D eigenvalue weighted by Crippen LogP contribution is 2.23. The summed E-state index contributed by atoms with van der Waals surface area (Å²) in [5.74, 6) is 5.36. The van der Waals surface area contributed by atoms with E-state index in [0.717, 1.165) is 21.1 Å². The van der Waals surface area contributed by atoms with Crippen LogP contribution in [0.3, 0.4) is 0 Å². The van der Waals surface area contributed by atoms with Crippen LogP contribution in [0.5, 0.6) is 0 Å². The fraction of sp³-hybridized carbons (Fsp3) is 0. The molecule has 0 fully saturated rings. The minimum Gasteiger partial charge on any atom is -0.323 e. The smallest absolute Gasteiger partial charge is 0.0734 e. The Morgan fingerprint density at radius 2 is 2.15 bits per heavy atom. The minimum absolute atomic E-state index is 0.887. The minimum atomic E-state index is 0.887. The number of fused-ring (bicyclic) bond motifs is 1. The monoisotopic (exact) mass is 237 g/mol. The van der Waals surface area contributed by atoms with E-state index in [9.17, 15) is 0 Å². The molecule has 0 saturated heterocycles. The van der Waals surface area contributed by atoms with Gasteiger partial charge < -0.3 is 5.43 Å². The summed E-state index contributed by atoms with van der Waals surface area (Å²) >= 11 is 3.39. The second kappa shape index (κ2) is 3.32. The van der Waals surface area contributed by atoms with E-state index < -0.39 is 0 Å². The zero-order chi connectivity index (χ0) is 9.26. The van der Waals surface area contributed by atoms with E-state index in [1.807, 2.05) is 24.3 Å². The maximum atomic E-state index is 5.36. The highest BCUT2D eigenvalue weighted by molar-refractivity contribution is 9.10. The molecule has 66 valence electrons. The van der Waals surface area contributed by atoms with Crippen molar-refractivity contribution in [1.29, 1.82) is 0 Å². The first-order valence-corrected chi connectivity index (χ1v) is 4.61. The Morgan fingerprint density at radius 3 is 2.92 bits per heavy atom. The molecule has 0 spiro atoms. The van der Waals surface area contributed by atoms with Crippen LogP contribution in [0.4, 0.5) is 5.69 Å². The summed E-state index contributed by atoms with van der Waals surface area (Å²) in [6, 6.07) is 7.73. The molecule has 3 N–H and O–H groups in total. The van der Waals surface area contributed by atoms with Gasteiger partial charge in [0.15, 0.2) is 0 Å². The molecule has 0 aliphatic heterocycles. The average Bonchev–Trinajstić information content (AvgIpc) is 2.16. The summed E-state index contributed by atoms with van der Waals surface area (Å²) in [6.07, 6.45) is 1.73. The highest BCUT2D eigenvalue weighted by atomic mass is 79.9. The lowest BCUT2D eigenvalue weighted by atomic mass is 10.2. The molecule has 0 amide bonds. The van der Waals surface area contributed by atoms with E-state index in [1.165, 1.54) is 0 Å². The first-order valence-electron chi connectivity index (χ1n) is 3.82. The standard InChI is InChI=1S/C9H8BrN3/c10-6-1-2-7-8(13-11)3-4-12-9(7)5-6/h1-5H,11H2,(H,12,13). The van der Waals surface area contributed by atoms with Crippen LogP contribution in [0.15, 0.2) is 34.9 Å². The van der Waals surface area contributed by atoms with Crippen LogP contribution >= 0.6 is 15.9 Å². The van der Waals surface area contributed by atoms with Gasteiger partial charge in [0.25, 0.3) is 0 Å². The Hall–Kier alpha value is -1.13. The van der Waals surface area contributed by atoms with Crippen molar-refractivity contribution in [2.24, 2.45) is 5.84 Å². The summed E-state index contributed by atoms with van der Waals surface area (Å²) in [6.45, 7) is 0. The predicted molar refractivity (Wildman–Crippen MR) is 57.3 cm³/mol. The summed E-state index contributed by atoms with van der Waals surface area (Å²) in [4.78, 5) is 4.23. The molecular formula is C9H8BrN3. The van der Waals surface area contributed by atoms with Gasteiger partial charge in [0.1, 0.15) is 0 Å². The van der Waals surface area contributed by atoms with Crippen molar-refractivity contribution in [2.45, 2.75) is 0 Å². The van der Waals surface area contributed by atoms with Gasteiger partial charge in [0.2, 0.25) is 0 Å². The Kier molecular flexibility index (Phi) is 2.16. The highest BCUT2D eigenvalue weighted by Gasteiger charge is 1.99. The largest absolute Gasteiger partial charge is 0.323 e. The van der Waals surface area contributed by atoms with Crippen LogP contribution in [0, 0.1) is 0 Å². The van der Waals surface area contributed by atoms with Crippen molar-refractivity contribution < 1.29 is 0 Å². The van der Waals surface area contributed by atoms with Gasteiger partial charge in [-0.3, -0.25) is 10.8 Å². The first kappa shape index (κ1) is 8.47. The summed E-state index contributed by atoms with van der Waals surface area (Å²) in [5, 5.41) is 1.02. The summed E-state index contributed by atoms with van der Waals surface area (Å²) < 4.78 is 1.02. The van der Waals surface area contributed by atoms with E-state index in [2.05, 4.69) is 26.3 Å². The number of hydrazine groups is 1. The SMILES string of the molecule is NNc1ccnc2cc(Br)ccc12. The fourth-order valence-electron chi connectivity index (χ4n) is 1.25. The van der Waals surface area contributed by atoms with Crippen molar-refractivity contribution in [3.05, 3.63) is 34.9 Å². The maximum absolute atomic E-state index is 5.36. The van der Waals surface area contributed by atoms with Gasteiger partial charge in [-0.25, -0.2) is 0 Å². The number of anilines is 1. The van der Waals surface area contributed by atoms with Crippen LogP contribution in [0.25, 0.3) is 10.9 Å². The van der Waals surface area contributed by atoms with Gasteiger partial charge >= 0.3 is 0 Å². The zero-order valence-corrected chi connectivity index (χ0v) is 8.38. The van der Waals surface area contributed by atoms with E-state index in [1.54, 1.807) is 6.20 Å². The van der Waals surface area contributed by atoms with Crippen LogP contribution < -0.4 is 11.3 Å². The van der Waals surface area contributed by atoms with Gasteiger partial charge in [-0.2, -0.15) is 0 Å². The van der Waals surface area contributed by atoms with Crippen molar-refractivity contribution in [3.8, 4) is 0 Å². The Labute approximate surface area is 84.1 Å². The molecule has 3 nitrogen and oxygen atoms in total. The molecule has 0 atom stereocenters. The number of aromatic nitrogens is 1. The zero-order valence-electron chi connectivity index (χ0n) is 6.79. The van der Waals surface area contributed by atoms with Crippen molar-refractivity contribution >= 4 is 32.5 Å². The summed E-state index contributed by atoms with van der Waals surface area (Å²) in [5.41, 5.74) is 4.44. The number of halogens is 1. The van der Waals surface area contributed by atoms with Gasteiger partial charge in [-0.05, 0) is 24.3 Å². The van der Waals surface area contributed by atoms with E-state index in [-0.39, 0.29) is 0 Å². The predicted octanol–water partition coefficient (Wildman–Crippen LogP) is 2.28. The van der Waals surface area contributed by atoms with Gasteiger partial charge in [-0.15, -0.1) is 0 Å². The fourth-order valence-corrected chi connectivity index (χ4v) is 1.60. The van der Waals surface area contributed by atoms with Crippen LogP contribution in [-0.2, 0) is 0 Å². The third kappa shape index (κ3) is 1.50. The normalized spacial score (nSPS) is 10.3. The molecule has 0 radical (unpaired) electrons. The maximum Gasteiger partial charge on any atom is 0.0734 e. The van der Waals surface area contributed by atoms with E-state index >= 15 is 0 Å². The van der Waals surface area contributed by atoms with Crippen molar-refractivity contribution in [1.82, 2.24) is 4.98 Å². The Bertz CT molecular complexity index is 442. The van der Waals surface area contributed by atoms with Gasteiger partial charge in [0.05, 0.1) is 11.2 Å². The molecule has 1 heterocycles. The number of nitrogen functional groups attached to an aromatic ring is 1. The molecule has 0 saturated carbocycles. The number of nitrogens with zero attached hydrogens (tertiary/aromatic N) is 1. The number of benzene rings is 1. The molecule has 2 aromatic rings. The molecule has 4 heteroatoms. The average molecular weight is 238 g/mol. The number of nitrogens with one attached hydrogen (secondary N) is 1. The number of rotatable bonds is 1. The molecule has 1 aromatic carbocycles.